The molecule has 0 aliphatic carbocycles. The van der Waals surface area contributed by atoms with Crippen molar-refractivity contribution >= 4 is 11.8 Å². The fourth-order valence-corrected chi connectivity index (χ4v) is 1.84. The lowest BCUT2D eigenvalue weighted by Crippen LogP contribution is -2.66. The largest absolute Gasteiger partial charge is 0.383 e. The predicted octanol–water partition coefficient (Wildman–Crippen LogP) is 0.966. The Kier molecular flexibility index (Phi) is 3.60. The summed E-state index contributed by atoms with van der Waals surface area (Å²) in [5.41, 5.74) is -1.55. The van der Waals surface area contributed by atoms with Crippen molar-refractivity contribution < 1.29 is 27.2 Å². The number of nitrogens with zero attached hydrogens (tertiary/aromatic N) is 2. The van der Waals surface area contributed by atoms with Crippen molar-refractivity contribution in [3.8, 4) is 0 Å². The van der Waals surface area contributed by atoms with E-state index in [1.165, 1.54) is 25.8 Å². The summed E-state index contributed by atoms with van der Waals surface area (Å²) in [6, 6.07) is 0. The molecule has 8 heteroatoms. The van der Waals surface area contributed by atoms with Crippen LogP contribution in [-0.2, 0) is 9.59 Å². The fourth-order valence-electron chi connectivity index (χ4n) is 1.84. The Morgan fingerprint density at radius 2 is 1.83 bits per heavy atom. The van der Waals surface area contributed by atoms with Crippen molar-refractivity contribution in [3.05, 3.63) is 0 Å². The smallest absolute Gasteiger partial charge is 0.342 e. The maximum absolute atomic E-state index is 13.0. The Morgan fingerprint density at radius 3 is 2.28 bits per heavy atom. The Labute approximate surface area is 102 Å². The summed E-state index contributed by atoms with van der Waals surface area (Å²) in [6.07, 6.45) is -4.09. The van der Waals surface area contributed by atoms with Gasteiger partial charge in [0.1, 0.15) is 5.54 Å². The lowest BCUT2D eigenvalue weighted by atomic mass is 9.97. The van der Waals surface area contributed by atoms with Crippen LogP contribution in [-0.4, -0.2) is 59.6 Å². The minimum atomic E-state index is -4.77. The molecular formula is C10H14F4N2O2. The van der Waals surface area contributed by atoms with E-state index in [9.17, 15) is 27.2 Å². The molecule has 1 fully saturated rings. The first-order valence-electron chi connectivity index (χ1n) is 5.26. The molecule has 18 heavy (non-hydrogen) atoms. The lowest BCUT2D eigenvalue weighted by Gasteiger charge is -2.45. The number of carbonyl (C=O) groups excluding carboxylic acids is 2. The highest BCUT2D eigenvalue weighted by Gasteiger charge is 2.56. The third-order valence-electron chi connectivity index (χ3n) is 3.01. The third kappa shape index (κ3) is 2.15. The molecule has 1 heterocycles. The van der Waals surface area contributed by atoms with Crippen LogP contribution in [0.25, 0.3) is 0 Å². The van der Waals surface area contributed by atoms with E-state index < -0.39 is 29.7 Å². The zero-order chi connectivity index (χ0) is 14.3. The third-order valence-corrected chi connectivity index (χ3v) is 3.01. The normalized spacial score (nSPS) is 20.6. The number of halogens is 4. The summed E-state index contributed by atoms with van der Waals surface area (Å²) in [6.45, 7) is 2.35. The monoisotopic (exact) mass is 270 g/mol. The van der Waals surface area contributed by atoms with Gasteiger partial charge in [-0.2, -0.15) is 8.78 Å². The van der Waals surface area contributed by atoms with Gasteiger partial charge in [0.2, 0.25) is 5.91 Å². The van der Waals surface area contributed by atoms with Crippen LogP contribution in [0, 0.1) is 0 Å². The quantitative estimate of drug-likeness (QED) is 0.701. The van der Waals surface area contributed by atoms with Gasteiger partial charge in [0, 0.05) is 20.1 Å². The van der Waals surface area contributed by atoms with E-state index in [0.29, 0.717) is 4.90 Å². The highest BCUT2D eigenvalue weighted by molar-refractivity contribution is 5.94. The molecule has 104 valence electrons. The van der Waals surface area contributed by atoms with Gasteiger partial charge in [0.05, 0.1) is 0 Å². The molecule has 0 N–H and O–H groups in total. The second-order valence-electron chi connectivity index (χ2n) is 4.67. The molecule has 1 aliphatic rings. The molecule has 0 aromatic carbocycles. The van der Waals surface area contributed by atoms with Crippen molar-refractivity contribution in [2.45, 2.75) is 31.7 Å². The molecular weight excluding hydrogens is 256 g/mol. The Bertz CT molecular complexity index is 371. The minimum absolute atomic E-state index is 0.0350. The van der Waals surface area contributed by atoms with Gasteiger partial charge >= 0.3 is 12.3 Å². The SMILES string of the molecule is CN1CCN(C(=O)C(F)(F)C(F)F)C(C)(C)C1=O. The van der Waals surface area contributed by atoms with Crippen molar-refractivity contribution in [2.24, 2.45) is 0 Å². The van der Waals surface area contributed by atoms with E-state index in [0.717, 1.165) is 0 Å². The number of carbonyl (C=O) groups is 2. The van der Waals surface area contributed by atoms with Crippen LogP contribution in [0.4, 0.5) is 17.6 Å². The molecule has 0 aromatic rings. The highest BCUT2D eigenvalue weighted by atomic mass is 19.3. The first kappa shape index (κ1) is 14.7. The van der Waals surface area contributed by atoms with Crippen LogP contribution in [0.3, 0.4) is 0 Å². The molecule has 0 saturated carbocycles. The Morgan fingerprint density at radius 1 is 1.33 bits per heavy atom. The summed E-state index contributed by atoms with van der Waals surface area (Å²) in [4.78, 5) is 25.0. The molecule has 0 radical (unpaired) electrons. The van der Waals surface area contributed by atoms with E-state index in [1.54, 1.807) is 0 Å². The van der Waals surface area contributed by atoms with E-state index in [-0.39, 0.29) is 13.1 Å². The van der Waals surface area contributed by atoms with E-state index in [1.807, 2.05) is 0 Å². The molecule has 1 aliphatic heterocycles. The maximum atomic E-state index is 13.0. The Balaban J connectivity index is 3.04. The average Bonchev–Trinajstić information content (AvgIpc) is 2.25. The van der Waals surface area contributed by atoms with Gasteiger partial charge in [-0.15, -0.1) is 0 Å². The van der Waals surface area contributed by atoms with Crippen molar-refractivity contribution in [1.29, 1.82) is 0 Å². The summed E-state index contributed by atoms with van der Waals surface area (Å²) in [7, 11) is 1.46. The number of alkyl halides is 4. The van der Waals surface area contributed by atoms with Gasteiger partial charge in [0.25, 0.3) is 5.91 Å². The van der Waals surface area contributed by atoms with Crippen LogP contribution in [0.1, 0.15) is 13.8 Å². The van der Waals surface area contributed by atoms with Gasteiger partial charge in [-0.25, -0.2) is 8.78 Å². The number of likely N-dealkylation sites (N-methyl/N-ethyl adjacent to an activating group) is 1. The van der Waals surface area contributed by atoms with Crippen LogP contribution in [0.5, 0.6) is 0 Å². The molecule has 0 aromatic heterocycles. The van der Waals surface area contributed by atoms with Crippen LogP contribution in [0.2, 0.25) is 0 Å². The van der Waals surface area contributed by atoms with Gasteiger partial charge < -0.3 is 9.80 Å². The summed E-state index contributed by atoms with van der Waals surface area (Å²) in [5.74, 6) is -7.34. The molecule has 1 rings (SSSR count). The van der Waals surface area contributed by atoms with Gasteiger partial charge in [-0.3, -0.25) is 9.59 Å². The molecule has 0 spiro atoms. The van der Waals surface area contributed by atoms with Crippen LogP contribution < -0.4 is 0 Å². The molecule has 0 unspecified atom stereocenters. The lowest BCUT2D eigenvalue weighted by molar-refractivity contribution is -0.191. The van der Waals surface area contributed by atoms with Gasteiger partial charge in [-0.05, 0) is 13.8 Å². The van der Waals surface area contributed by atoms with Crippen molar-refractivity contribution in [1.82, 2.24) is 9.80 Å². The predicted molar refractivity (Wildman–Crippen MR) is 54.4 cm³/mol. The second-order valence-corrected chi connectivity index (χ2v) is 4.67. The second kappa shape index (κ2) is 4.40. The number of rotatable bonds is 2. The fraction of sp³-hybridized carbons (Fsp3) is 0.800. The van der Waals surface area contributed by atoms with E-state index >= 15 is 0 Å². The van der Waals surface area contributed by atoms with Gasteiger partial charge in [-0.1, -0.05) is 0 Å². The number of hydrogen-bond acceptors (Lipinski definition) is 2. The van der Waals surface area contributed by atoms with Crippen LogP contribution >= 0.6 is 0 Å². The van der Waals surface area contributed by atoms with Crippen LogP contribution in [0.15, 0.2) is 0 Å². The first-order chi connectivity index (χ1) is 8.02. The Hall–Kier alpha value is -1.34. The summed E-state index contributed by atoms with van der Waals surface area (Å²) in [5, 5.41) is 0. The molecule has 1 saturated heterocycles. The first-order valence-corrected chi connectivity index (χ1v) is 5.26. The highest BCUT2D eigenvalue weighted by Crippen LogP contribution is 2.31. The standard InChI is InChI=1S/C10H14F4N2O2/c1-9(2)7(17)15(3)4-5-16(9)8(18)10(13,14)6(11)12/h6H,4-5H2,1-3H3. The summed E-state index contributed by atoms with van der Waals surface area (Å²) < 4.78 is 50.4. The number of hydrogen-bond donors (Lipinski definition) is 0. The minimum Gasteiger partial charge on any atom is -0.342 e. The summed E-state index contributed by atoms with van der Waals surface area (Å²) >= 11 is 0. The molecule has 0 bridgehead atoms. The number of amides is 2. The maximum Gasteiger partial charge on any atom is 0.383 e. The van der Waals surface area contributed by atoms with E-state index in [2.05, 4.69) is 0 Å². The molecule has 4 nitrogen and oxygen atoms in total. The average molecular weight is 270 g/mol. The van der Waals surface area contributed by atoms with E-state index in [4.69, 9.17) is 0 Å². The van der Waals surface area contributed by atoms with Gasteiger partial charge in [0.15, 0.2) is 0 Å². The zero-order valence-corrected chi connectivity index (χ0v) is 10.2. The zero-order valence-electron chi connectivity index (χ0n) is 10.2. The topological polar surface area (TPSA) is 40.6 Å². The molecule has 2 amide bonds. The van der Waals surface area contributed by atoms with Crippen molar-refractivity contribution in [3.63, 3.8) is 0 Å². The van der Waals surface area contributed by atoms with Crippen molar-refractivity contribution in [2.75, 3.05) is 20.1 Å². The molecule has 0 atom stereocenters. The number of piperazine rings is 1.